The van der Waals surface area contributed by atoms with Crippen LogP contribution >= 0.6 is 0 Å². The van der Waals surface area contributed by atoms with Crippen LogP contribution < -0.4 is 5.73 Å². The fourth-order valence-corrected chi connectivity index (χ4v) is 3.52. The Balaban J connectivity index is 2.16. The molecule has 0 bridgehead atoms. The van der Waals surface area contributed by atoms with Crippen molar-refractivity contribution in [2.75, 3.05) is 13.6 Å². The lowest BCUT2D eigenvalue weighted by atomic mass is 9.93. The van der Waals surface area contributed by atoms with Crippen LogP contribution in [0.4, 0.5) is 0 Å². The van der Waals surface area contributed by atoms with Crippen LogP contribution in [0.1, 0.15) is 48.9 Å². The van der Waals surface area contributed by atoms with Gasteiger partial charge in [-0.25, -0.2) is 0 Å². The lowest BCUT2D eigenvalue weighted by Crippen LogP contribution is -2.38. The highest BCUT2D eigenvalue weighted by Crippen LogP contribution is 2.34. The third-order valence-electron chi connectivity index (χ3n) is 5.09. The number of nitrogens with two attached hydrogens (primary N) is 1. The second kappa shape index (κ2) is 6.61. The Morgan fingerprint density at radius 2 is 2.10 bits per heavy atom. The molecule has 21 heavy (non-hydrogen) atoms. The van der Waals surface area contributed by atoms with Crippen molar-refractivity contribution in [2.24, 2.45) is 17.6 Å². The number of hydrogen-bond acceptors (Lipinski definition) is 2. The van der Waals surface area contributed by atoms with Crippen molar-refractivity contribution in [3.63, 3.8) is 0 Å². The number of aryl methyl sites for hydroxylation is 2. The fraction of sp³-hybridized carbons (Fsp3) is 0.611. The fourth-order valence-electron chi connectivity index (χ4n) is 3.52. The van der Waals surface area contributed by atoms with Crippen LogP contribution in [0.5, 0.6) is 0 Å². The highest BCUT2D eigenvalue weighted by Gasteiger charge is 2.35. The molecule has 116 valence electrons. The number of carbonyl (C=O) groups excluding carboxylic acids is 1. The average molecular weight is 288 g/mol. The van der Waals surface area contributed by atoms with E-state index in [2.05, 4.69) is 39.0 Å². The first-order valence-corrected chi connectivity index (χ1v) is 7.99. The highest BCUT2D eigenvalue weighted by molar-refractivity contribution is 5.79. The summed E-state index contributed by atoms with van der Waals surface area (Å²) in [7, 11) is 1.93. The predicted molar refractivity (Wildman–Crippen MR) is 87.0 cm³/mol. The van der Waals surface area contributed by atoms with Crippen molar-refractivity contribution in [1.29, 1.82) is 0 Å². The van der Waals surface area contributed by atoms with Gasteiger partial charge >= 0.3 is 0 Å². The maximum absolute atomic E-state index is 12.8. The summed E-state index contributed by atoms with van der Waals surface area (Å²) in [6, 6.07) is 6.56. The molecule has 1 unspecified atom stereocenters. The Labute approximate surface area is 128 Å². The summed E-state index contributed by atoms with van der Waals surface area (Å²) in [6.45, 7) is 6.95. The van der Waals surface area contributed by atoms with E-state index in [0.717, 1.165) is 19.3 Å². The Morgan fingerprint density at radius 1 is 1.38 bits per heavy atom. The maximum atomic E-state index is 12.8. The summed E-state index contributed by atoms with van der Waals surface area (Å²) in [5, 5.41) is 0. The largest absolute Gasteiger partial charge is 0.339 e. The summed E-state index contributed by atoms with van der Waals surface area (Å²) in [4.78, 5) is 14.7. The number of amides is 1. The molecule has 0 radical (unpaired) electrons. The smallest absolute Gasteiger partial charge is 0.226 e. The molecule has 1 amide bonds. The molecule has 0 aromatic heterocycles. The number of carbonyl (C=O) groups is 1. The van der Waals surface area contributed by atoms with Crippen molar-refractivity contribution in [1.82, 2.24) is 4.90 Å². The van der Waals surface area contributed by atoms with E-state index >= 15 is 0 Å². The van der Waals surface area contributed by atoms with Gasteiger partial charge in [0.1, 0.15) is 0 Å². The summed E-state index contributed by atoms with van der Waals surface area (Å²) >= 11 is 0. The number of benzene rings is 1. The quantitative estimate of drug-likeness (QED) is 0.925. The Morgan fingerprint density at radius 3 is 2.76 bits per heavy atom. The normalized spacial score (nSPS) is 23.1. The molecule has 0 heterocycles. The molecule has 1 aromatic rings. The first-order chi connectivity index (χ1) is 9.95. The van der Waals surface area contributed by atoms with Gasteiger partial charge in [0, 0.05) is 13.0 Å². The molecule has 1 fully saturated rings. The lowest BCUT2D eigenvalue weighted by Gasteiger charge is -2.31. The van der Waals surface area contributed by atoms with Gasteiger partial charge in [0.15, 0.2) is 0 Å². The summed E-state index contributed by atoms with van der Waals surface area (Å²) < 4.78 is 0. The van der Waals surface area contributed by atoms with Crippen LogP contribution in [-0.2, 0) is 4.79 Å². The molecular formula is C18H28N2O. The van der Waals surface area contributed by atoms with Gasteiger partial charge in [0.05, 0.1) is 6.04 Å². The summed E-state index contributed by atoms with van der Waals surface area (Å²) in [5.74, 6) is 0.745. The molecule has 3 atom stereocenters. The van der Waals surface area contributed by atoms with Gasteiger partial charge in [-0.15, -0.1) is 0 Å². The molecule has 2 N–H and O–H groups in total. The van der Waals surface area contributed by atoms with Crippen molar-refractivity contribution >= 4 is 5.91 Å². The van der Waals surface area contributed by atoms with Crippen LogP contribution in [0, 0.1) is 25.7 Å². The third kappa shape index (κ3) is 3.29. The van der Waals surface area contributed by atoms with Gasteiger partial charge in [0.2, 0.25) is 5.91 Å². The first-order valence-electron chi connectivity index (χ1n) is 7.99. The van der Waals surface area contributed by atoms with Gasteiger partial charge in [-0.05, 0) is 57.2 Å². The summed E-state index contributed by atoms with van der Waals surface area (Å²) in [5.41, 5.74) is 9.55. The first kappa shape index (κ1) is 16.0. The van der Waals surface area contributed by atoms with E-state index in [0.29, 0.717) is 12.5 Å². The molecule has 1 aromatic carbocycles. The molecule has 3 nitrogen and oxygen atoms in total. The van der Waals surface area contributed by atoms with E-state index < -0.39 is 0 Å². The number of nitrogens with zero attached hydrogens (tertiary/aromatic N) is 1. The van der Waals surface area contributed by atoms with E-state index in [4.69, 9.17) is 5.73 Å². The average Bonchev–Trinajstić information content (AvgIpc) is 2.95. The molecule has 0 spiro atoms. The van der Waals surface area contributed by atoms with Gasteiger partial charge in [0.25, 0.3) is 0 Å². The third-order valence-corrected chi connectivity index (χ3v) is 5.09. The van der Waals surface area contributed by atoms with Crippen LogP contribution in [0.2, 0.25) is 0 Å². The SMILES string of the molecule is Cc1ccc(C)c(C(C)N(C)C(=O)[C@@H]2CCC[C@@H]2CN)c1. The predicted octanol–water partition coefficient (Wildman–Crippen LogP) is 3.20. The minimum atomic E-state index is 0.108. The van der Waals surface area contributed by atoms with Crippen molar-refractivity contribution in [3.05, 3.63) is 34.9 Å². The van der Waals surface area contributed by atoms with Crippen molar-refractivity contribution in [3.8, 4) is 0 Å². The van der Waals surface area contributed by atoms with Crippen molar-refractivity contribution in [2.45, 2.75) is 46.1 Å². The van der Waals surface area contributed by atoms with Crippen LogP contribution in [0.25, 0.3) is 0 Å². The molecule has 0 aliphatic heterocycles. The van der Waals surface area contributed by atoms with Gasteiger partial charge in [-0.2, -0.15) is 0 Å². The monoisotopic (exact) mass is 288 g/mol. The van der Waals surface area contributed by atoms with E-state index in [1.165, 1.54) is 16.7 Å². The van der Waals surface area contributed by atoms with Gasteiger partial charge in [-0.1, -0.05) is 30.2 Å². The highest BCUT2D eigenvalue weighted by atomic mass is 16.2. The second-order valence-corrected chi connectivity index (χ2v) is 6.52. The topological polar surface area (TPSA) is 46.3 Å². The molecule has 2 rings (SSSR count). The minimum absolute atomic E-state index is 0.108. The number of hydrogen-bond donors (Lipinski definition) is 1. The Hall–Kier alpha value is -1.35. The molecule has 3 heteroatoms. The number of rotatable bonds is 4. The minimum Gasteiger partial charge on any atom is -0.339 e. The van der Waals surface area contributed by atoms with E-state index in [9.17, 15) is 4.79 Å². The standard InChI is InChI=1S/C18H28N2O/c1-12-8-9-13(2)17(10-12)14(3)20(4)18(21)16-7-5-6-15(16)11-19/h8-10,14-16H,5-7,11,19H2,1-4H3/t14?,15-,16-/m1/s1. The molecule has 0 saturated heterocycles. The van der Waals surface area contributed by atoms with Crippen LogP contribution in [-0.4, -0.2) is 24.4 Å². The molecule has 1 saturated carbocycles. The Kier molecular flexibility index (Phi) is 5.04. The molecule has 1 aliphatic carbocycles. The van der Waals surface area contributed by atoms with E-state index in [-0.39, 0.29) is 17.9 Å². The molecule has 1 aliphatic rings. The lowest BCUT2D eigenvalue weighted by molar-refractivity contribution is -0.137. The second-order valence-electron chi connectivity index (χ2n) is 6.52. The molecular weight excluding hydrogens is 260 g/mol. The maximum Gasteiger partial charge on any atom is 0.226 e. The van der Waals surface area contributed by atoms with Crippen molar-refractivity contribution < 1.29 is 4.79 Å². The van der Waals surface area contributed by atoms with Gasteiger partial charge in [-0.3, -0.25) is 4.79 Å². The van der Waals surface area contributed by atoms with E-state index in [1.807, 2.05) is 11.9 Å². The van der Waals surface area contributed by atoms with Crippen LogP contribution in [0.15, 0.2) is 18.2 Å². The Bertz CT molecular complexity index is 512. The zero-order valence-electron chi connectivity index (χ0n) is 13.7. The van der Waals surface area contributed by atoms with Crippen LogP contribution in [0.3, 0.4) is 0 Å². The summed E-state index contributed by atoms with van der Waals surface area (Å²) in [6.07, 6.45) is 3.22. The van der Waals surface area contributed by atoms with Gasteiger partial charge < -0.3 is 10.6 Å². The van der Waals surface area contributed by atoms with E-state index in [1.54, 1.807) is 0 Å². The zero-order valence-corrected chi connectivity index (χ0v) is 13.7. The zero-order chi connectivity index (χ0) is 15.6.